The molecule has 0 spiro atoms. The van der Waals surface area contributed by atoms with E-state index in [9.17, 15) is 0 Å². The van der Waals surface area contributed by atoms with Crippen molar-refractivity contribution in [1.82, 2.24) is 4.90 Å². The Balaban J connectivity index is 1.46. The fraction of sp³-hybridized carbons (Fsp3) is 0.680. The summed E-state index contributed by atoms with van der Waals surface area (Å²) in [7, 11) is 4.23. The highest BCUT2D eigenvalue weighted by Crippen LogP contribution is 2.62. The molecule has 0 heterocycles. The van der Waals surface area contributed by atoms with Crippen molar-refractivity contribution in [1.29, 1.82) is 0 Å². The fourth-order valence-corrected chi connectivity index (χ4v) is 6.59. The molecule has 1 aromatic carbocycles. The maximum Gasteiger partial charge on any atom is 0.0677 e. The number of likely N-dealkylation sites (N-methyl/N-ethyl adjacent to an activating group) is 1. The Morgan fingerprint density at radius 1 is 1.19 bits per heavy atom. The molecule has 2 heteroatoms. The van der Waals surface area contributed by atoms with Crippen LogP contribution in [0.4, 0.5) is 0 Å². The Labute approximate surface area is 166 Å². The van der Waals surface area contributed by atoms with Gasteiger partial charge >= 0.3 is 0 Å². The molecule has 0 saturated heterocycles. The van der Waals surface area contributed by atoms with Crippen LogP contribution in [0.5, 0.6) is 0 Å². The zero-order valence-corrected chi connectivity index (χ0v) is 17.7. The zero-order chi connectivity index (χ0) is 19.0. The number of nitrogens with zero attached hydrogens (tertiary/aromatic N) is 1. The number of hydrogen-bond acceptors (Lipinski definition) is 2. The summed E-state index contributed by atoms with van der Waals surface area (Å²) in [6, 6.07) is 9.26. The first-order valence-electron chi connectivity index (χ1n) is 11.0. The van der Waals surface area contributed by atoms with Gasteiger partial charge in [-0.05, 0) is 93.8 Å². The van der Waals surface area contributed by atoms with Gasteiger partial charge in [0, 0.05) is 6.54 Å². The lowest BCUT2D eigenvalue weighted by atomic mass is 9.55. The quantitative estimate of drug-likeness (QED) is 0.643. The highest BCUT2D eigenvalue weighted by molar-refractivity contribution is 5.36. The van der Waals surface area contributed by atoms with E-state index in [1.807, 2.05) is 0 Å². The highest BCUT2D eigenvalue weighted by Gasteiger charge is 2.52. The third-order valence-corrected chi connectivity index (χ3v) is 7.82. The molecule has 3 aliphatic rings. The molecule has 0 N–H and O–H groups in total. The molecule has 0 bridgehead atoms. The molecule has 2 fully saturated rings. The second kappa shape index (κ2) is 7.72. The van der Waals surface area contributed by atoms with E-state index in [0.717, 1.165) is 30.9 Å². The lowest BCUT2D eigenvalue weighted by Crippen LogP contribution is -2.40. The third kappa shape index (κ3) is 3.63. The van der Waals surface area contributed by atoms with E-state index in [2.05, 4.69) is 63.2 Å². The van der Waals surface area contributed by atoms with Gasteiger partial charge in [0.15, 0.2) is 0 Å². The van der Waals surface area contributed by atoms with Crippen LogP contribution in [0.25, 0.3) is 0 Å². The number of hydrogen-bond donors (Lipinski definition) is 0. The van der Waals surface area contributed by atoms with Gasteiger partial charge in [-0.15, -0.1) is 0 Å². The molecule has 5 unspecified atom stereocenters. The summed E-state index contributed by atoms with van der Waals surface area (Å²) < 4.78 is 6.07. The first-order chi connectivity index (χ1) is 13.0. The van der Waals surface area contributed by atoms with E-state index in [1.165, 1.54) is 38.5 Å². The van der Waals surface area contributed by atoms with Crippen LogP contribution in [0.15, 0.2) is 35.9 Å². The van der Waals surface area contributed by atoms with Crippen molar-refractivity contribution in [2.45, 2.75) is 64.4 Å². The third-order valence-electron chi connectivity index (χ3n) is 7.82. The van der Waals surface area contributed by atoms with Gasteiger partial charge in [0.2, 0.25) is 0 Å². The van der Waals surface area contributed by atoms with Gasteiger partial charge < -0.3 is 9.64 Å². The van der Waals surface area contributed by atoms with E-state index >= 15 is 0 Å². The number of allylic oxidation sites excluding steroid dienone is 1. The van der Waals surface area contributed by atoms with Crippen LogP contribution in [0.2, 0.25) is 0 Å². The Morgan fingerprint density at radius 3 is 2.81 bits per heavy atom. The topological polar surface area (TPSA) is 12.5 Å². The van der Waals surface area contributed by atoms with Gasteiger partial charge in [0.25, 0.3) is 0 Å². The molecule has 27 heavy (non-hydrogen) atoms. The van der Waals surface area contributed by atoms with Crippen LogP contribution in [0, 0.1) is 17.3 Å². The van der Waals surface area contributed by atoms with E-state index in [1.54, 1.807) is 16.7 Å². The Hall–Kier alpha value is -1.12. The summed E-state index contributed by atoms with van der Waals surface area (Å²) in [6.45, 7) is 6.52. The molecule has 2 saturated carbocycles. The molecule has 0 radical (unpaired) electrons. The van der Waals surface area contributed by atoms with Crippen LogP contribution < -0.4 is 0 Å². The molecule has 5 atom stereocenters. The molecule has 4 rings (SSSR count). The molecule has 0 aliphatic heterocycles. The normalized spacial score (nSPS) is 35.0. The van der Waals surface area contributed by atoms with Crippen LogP contribution in [-0.4, -0.2) is 38.3 Å². The molecule has 0 aromatic heterocycles. The number of ether oxygens (including phenoxy) is 1. The fourth-order valence-electron chi connectivity index (χ4n) is 6.59. The monoisotopic (exact) mass is 367 g/mol. The van der Waals surface area contributed by atoms with Crippen LogP contribution in [0.3, 0.4) is 0 Å². The molecule has 3 aliphatic carbocycles. The Morgan fingerprint density at radius 2 is 2.00 bits per heavy atom. The first kappa shape index (κ1) is 19.2. The molecule has 1 aromatic rings. The maximum atomic E-state index is 6.07. The van der Waals surface area contributed by atoms with Gasteiger partial charge in [-0.2, -0.15) is 0 Å². The maximum absolute atomic E-state index is 6.07. The van der Waals surface area contributed by atoms with Gasteiger partial charge in [-0.1, -0.05) is 42.8 Å². The van der Waals surface area contributed by atoms with Gasteiger partial charge in [-0.3, -0.25) is 0 Å². The minimum atomic E-state index is 0.299. The SMILES string of the molecule is CC(CN(C)C)OC/C=C1\CCC2C3CCc4ccccc4C3CCC12C. The summed E-state index contributed by atoms with van der Waals surface area (Å²) in [5, 5.41) is 0. The van der Waals surface area contributed by atoms with Crippen molar-refractivity contribution in [3.63, 3.8) is 0 Å². The van der Waals surface area contributed by atoms with Gasteiger partial charge in [0.1, 0.15) is 0 Å². The number of fused-ring (bicyclic) bond motifs is 5. The Kier molecular flexibility index (Phi) is 5.49. The van der Waals surface area contributed by atoms with Gasteiger partial charge in [0.05, 0.1) is 12.7 Å². The van der Waals surface area contributed by atoms with E-state index in [0.29, 0.717) is 11.5 Å². The van der Waals surface area contributed by atoms with Crippen molar-refractivity contribution in [3.05, 3.63) is 47.0 Å². The standard InChI is InChI=1S/C25H37NO/c1-18(17-26(3)4)27-16-14-20-10-12-24-23-11-9-19-7-5-6-8-21(19)22(23)13-15-25(20,24)2/h5-8,14,18,22-24H,9-13,15-17H2,1-4H3/b20-14+. The molecular formula is C25H37NO. The predicted octanol–water partition coefficient (Wildman–Crippen LogP) is 5.44. The van der Waals surface area contributed by atoms with E-state index in [4.69, 9.17) is 4.74 Å². The number of aryl methyl sites for hydroxylation is 1. The minimum absolute atomic E-state index is 0.299. The molecule has 0 amide bonds. The molecule has 2 nitrogen and oxygen atoms in total. The van der Waals surface area contributed by atoms with Gasteiger partial charge in [-0.25, -0.2) is 0 Å². The molecular weight excluding hydrogens is 330 g/mol. The zero-order valence-electron chi connectivity index (χ0n) is 17.7. The summed E-state index contributed by atoms with van der Waals surface area (Å²) in [5.41, 5.74) is 5.41. The van der Waals surface area contributed by atoms with Crippen LogP contribution in [0.1, 0.15) is 63.0 Å². The smallest absolute Gasteiger partial charge is 0.0677 e. The largest absolute Gasteiger partial charge is 0.373 e. The van der Waals surface area contributed by atoms with E-state index in [-0.39, 0.29) is 0 Å². The second-order valence-corrected chi connectivity index (χ2v) is 9.74. The number of benzene rings is 1. The molecule has 148 valence electrons. The first-order valence-corrected chi connectivity index (χ1v) is 11.0. The van der Waals surface area contributed by atoms with Crippen molar-refractivity contribution in [3.8, 4) is 0 Å². The average molecular weight is 368 g/mol. The Bertz CT molecular complexity index is 693. The van der Waals surface area contributed by atoms with Crippen LogP contribution in [-0.2, 0) is 11.2 Å². The van der Waals surface area contributed by atoms with Crippen molar-refractivity contribution >= 4 is 0 Å². The van der Waals surface area contributed by atoms with Crippen LogP contribution >= 0.6 is 0 Å². The van der Waals surface area contributed by atoms with Crippen molar-refractivity contribution in [2.75, 3.05) is 27.2 Å². The summed E-state index contributed by atoms with van der Waals surface area (Å²) in [6.07, 6.45) is 10.8. The summed E-state index contributed by atoms with van der Waals surface area (Å²) >= 11 is 0. The predicted molar refractivity (Wildman–Crippen MR) is 113 cm³/mol. The van der Waals surface area contributed by atoms with E-state index < -0.39 is 0 Å². The highest BCUT2D eigenvalue weighted by atomic mass is 16.5. The minimum Gasteiger partial charge on any atom is -0.373 e. The lowest BCUT2D eigenvalue weighted by molar-refractivity contribution is 0.0636. The average Bonchev–Trinajstić information content (AvgIpc) is 2.97. The summed E-state index contributed by atoms with van der Waals surface area (Å²) in [5.74, 6) is 2.57. The second-order valence-electron chi connectivity index (χ2n) is 9.74. The lowest BCUT2D eigenvalue weighted by Gasteiger charge is -2.49. The van der Waals surface area contributed by atoms with Crippen molar-refractivity contribution < 1.29 is 4.74 Å². The number of rotatable bonds is 5. The van der Waals surface area contributed by atoms with Crippen molar-refractivity contribution in [2.24, 2.45) is 17.3 Å². The summed E-state index contributed by atoms with van der Waals surface area (Å²) in [4.78, 5) is 2.20.